The summed E-state index contributed by atoms with van der Waals surface area (Å²) >= 11 is 0. The zero-order chi connectivity index (χ0) is 27.9. The summed E-state index contributed by atoms with van der Waals surface area (Å²) in [5.41, 5.74) is 6.59. The van der Waals surface area contributed by atoms with E-state index >= 15 is 0 Å². The van der Waals surface area contributed by atoms with Gasteiger partial charge in [0.1, 0.15) is 24.6 Å². The molecule has 0 bridgehead atoms. The highest BCUT2D eigenvalue weighted by molar-refractivity contribution is 7.66. The lowest BCUT2D eigenvalue weighted by molar-refractivity contribution is -0.0507. The topological polar surface area (TPSA) is 291 Å². The van der Waals surface area contributed by atoms with Crippen molar-refractivity contribution in [1.29, 1.82) is 0 Å². The average molecular weight is 598 g/mol. The minimum absolute atomic E-state index is 0.00699. The predicted molar refractivity (Wildman–Crippen MR) is 125 cm³/mol. The van der Waals surface area contributed by atoms with Crippen molar-refractivity contribution in [2.24, 2.45) is 0 Å². The molecule has 22 heteroatoms. The number of nitrogen functional groups attached to an aromatic ring is 1. The number of phosphoric acid groups is 3. The Morgan fingerprint density at radius 3 is 2.47 bits per heavy atom. The lowest BCUT2D eigenvalue weighted by Crippen LogP contribution is -2.34. The molecule has 0 amide bonds. The van der Waals surface area contributed by atoms with Gasteiger partial charge in [-0.3, -0.25) is 9.09 Å². The second-order valence-electron chi connectivity index (χ2n) is 7.64. The molecule has 0 spiro atoms. The maximum atomic E-state index is 12.0. The Bertz CT molecular complexity index is 1450. The van der Waals surface area contributed by atoms with Crippen LogP contribution in [0.1, 0.15) is 12.1 Å². The molecule has 0 aliphatic carbocycles. The number of anilines is 1. The van der Waals surface area contributed by atoms with Crippen LogP contribution in [-0.2, 0) is 31.6 Å². The number of hydrogen-bond donors (Lipinski definition) is 8. The van der Waals surface area contributed by atoms with Crippen LogP contribution in [0.3, 0.4) is 0 Å². The van der Waals surface area contributed by atoms with Crippen molar-refractivity contribution in [1.82, 2.24) is 24.8 Å². The van der Waals surface area contributed by atoms with E-state index in [9.17, 15) is 33.7 Å². The molecule has 4 heterocycles. The van der Waals surface area contributed by atoms with Crippen LogP contribution in [-0.4, -0.2) is 74.2 Å². The first-order chi connectivity index (χ1) is 17.7. The number of rotatable bonds is 9. The number of fused-ring (bicyclic) bond motifs is 1. The van der Waals surface area contributed by atoms with Crippen LogP contribution in [0.5, 0.6) is 0 Å². The molecule has 0 saturated carbocycles. The summed E-state index contributed by atoms with van der Waals surface area (Å²) in [7, 11) is -16.8. The van der Waals surface area contributed by atoms with Crippen molar-refractivity contribution in [3.05, 3.63) is 42.7 Å². The van der Waals surface area contributed by atoms with E-state index < -0.39 is 54.6 Å². The molecular weight excluding hydrogens is 577 g/mol. The number of allylic oxidation sites excluding steroid dienone is 4. The van der Waals surface area contributed by atoms with Crippen molar-refractivity contribution in [3.8, 4) is 0 Å². The molecule has 4 rings (SSSR count). The second kappa shape index (κ2) is 10.7. The highest BCUT2D eigenvalue weighted by Crippen LogP contribution is 2.66. The van der Waals surface area contributed by atoms with Crippen molar-refractivity contribution >= 4 is 46.1 Å². The third-order valence-corrected chi connectivity index (χ3v) is 8.78. The lowest BCUT2D eigenvalue weighted by atomic mass is 10.1. The fraction of sp³-hybridized carbons (Fsp3) is 0.312. The molecule has 9 N–H and O–H groups in total. The van der Waals surface area contributed by atoms with E-state index in [0.717, 1.165) is 6.33 Å². The Labute approximate surface area is 212 Å². The molecule has 19 nitrogen and oxygen atoms in total. The van der Waals surface area contributed by atoms with Gasteiger partial charge in [0.25, 0.3) is 0 Å². The third-order valence-electron chi connectivity index (χ3n) is 4.98. The van der Waals surface area contributed by atoms with Gasteiger partial charge in [-0.05, 0) is 12.2 Å². The molecule has 2 unspecified atom stereocenters. The van der Waals surface area contributed by atoms with Gasteiger partial charge >= 0.3 is 23.5 Å². The quantitative estimate of drug-likeness (QED) is 0.167. The highest BCUT2D eigenvalue weighted by Gasteiger charge is 2.47. The summed E-state index contributed by atoms with van der Waals surface area (Å²) in [4.78, 5) is 48.6. The van der Waals surface area contributed by atoms with E-state index in [0.29, 0.717) is 5.70 Å². The first kappa shape index (κ1) is 28.7. The lowest BCUT2D eigenvalue weighted by Gasteiger charge is -2.20. The minimum atomic E-state index is -5.75. The van der Waals surface area contributed by atoms with Gasteiger partial charge in [-0.25, -0.2) is 28.6 Å². The standard InChI is InChI=1S/C16H21N6O13P3/c17-13-10-15(20-7-19-13)22(14(21-10)8-4-2-1-3-5-18-8)16-12(24)11(23)9(33-16)6-32-37(28,29)35-38(30,31)34-36(25,26)27/h1-5,7,9,11-12,16,18,23-24H,6H2,(H,28,29)(H,30,31)(H2,17,19,20)(H2,25,26,27)/t9-,11-,12-,16-/m1/s1. The summed E-state index contributed by atoms with van der Waals surface area (Å²) in [5.74, 6) is 0.167. The van der Waals surface area contributed by atoms with Gasteiger partial charge in [-0.2, -0.15) is 8.62 Å². The van der Waals surface area contributed by atoms with Gasteiger partial charge in [0.05, 0.1) is 12.3 Å². The fourth-order valence-electron chi connectivity index (χ4n) is 3.50. The Balaban J connectivity index is 1.59. The monoisotopic (exact) mass is 598 g/mol. The van der Waals surface area contributed by atoms with Gasteiger partial charge < -0.3 is 45.6 Å². The summed E-state index contributed by atoms with van der Waals surface area (Å²) in [5, 5.41) is 24.3. The SMILES string of the molecule is Nc1ncnc2c1nc(C1=CC=CC=CN1)n2[C@@H]1O[C@H](COP(=O)(O)OP(=O)(O)OP(=O)(O)O)[C@@H](O)[C@H]1O. The summed E-state index contributed by atoms with van der Waals surface area (Å²) in [6, 6.07) is 0. The number of nitrogens with two attached hydrogens (primary N) is 1. The maximum absolute atomic E-state index is 12.0. The first-order valence-corrected chi connectivity index (χ1v) is 14.8. The molecule has 208 valence electrons. The number of nitrogens with zero attached hydrogens (tertiary/aromatic N) is 4. The number of aliphatic hydroxyl groups excluding tert-OH is 2. The fourth-order valence-corrected chi connectivity index (χ4v) is 6.53. The first-order valence-electron chi connectivity index (χ1n) is 10.3. The molecule has 1 fully saturated rings. The van der Waals surface area contributed by atoms with Crippen molar-refractivity contribution in [2.45, 2.75) is 24.5 Å². The van der Waals surface area contributed by atoms with E-state index in [1.54, 1.807) is 30.5 Å². The predicted octanol–water partition coefficient (Wildman–Crippen LogP) is -0.615. The third kappa shape index (κ3) is 6.44. The Kier molecular flexibility index (Phi) is 8.05. The van der Waals surface area contributed by atoms with E-state index in [-0.39, 0.29) is 22.8 Å². The number of imidazole rings is 1. The number of ether oxygens (including phenoxy) is 1. The number of nitrogens with one attached hydrogen (secondary N) is 1. The van der Waals surface area contributed by atoms with Gasteiger partial charge in [0, 0.05) is 6.20 Å². The molecular formula is C16H21N6O13P3. The average Bonchev–Trinajstić information content (AvgIpc) is 3.14. The van der Waals surface area contributed by atoms with Crippen LogP contribution < -0.4 is 11.1 Å². The smallest absolute Gasteiger partial charge is 0.387 e. The van der Waals surface area contributed by atoms with Gasteiger partial charge in [-0.15, -0.1) is 0 Å². The van der Waals surface area contributed by atoms with E-state index in [1.165, 1.54) is 4.57 Å². The van der Waals surface area contributed by atoms with Gasteiger partial charge in [-0.1, -0.05) is 12.2 Å². The molecule has 0 radical (unpaired) electrons. The summed E-state index contributed by atoms with van der Waals surface area (Å²) < 4.78 is 53.1. The van der Waals surface area contributed by atoms with Crippen LogP contribution in [0.15, 0.2) is 36.8 Å². The van der Waals surface area contributed by atoms with Crippen LogP contribution >= 0.6 is 23.5 Å². The molecule has 0 aromatic carbocycles. The van der Waals surface area contributed by atoms with E-state index in [1.807, 2.05) is 0 Å². The number of aliphatic hydroxyl groups is 2. The minimum Gasteiger partial charge on any atom is -0.387 e. The van der Waals surface area contributed by atoms with Crippen LogP contribution in [0, 0.1) is 0 Å². The number of phosphoric ester groups is 1. The zero-order valence-corrected chi connectivity index (χ0v) is 21.4. The molecule has 38 heavy (non-hydrogen) atoms. The number of hydrogen-bond acceptors (Lipinski definition) is 14. The summed E-state index contributed by atoms with van der Waals surface area (Å²) in [6.07, 6.45) is 3.13. The van der Waals surface area contributed by atoms with Gasteiger partial charge in [0.2, 0.25) is 0 Å². The van der Waals surface area contributed by atoms with Crippen molar-refractivity contribution in [2.75, 3.05) is 12.3 Å². The Morgan fingerprint density at radius 1 is 1.03 bits per heavy atom. The largest absolute Gasteiger partial charge is 0.490 e. The van der Waals surface area contributed by atoms with E-state index in [2.05, 4.69) is 33.4 Å². The van der Waals surface area contributed by atoms with Crippen LogP contribution in [0.2, 0.25) is 0 Å². The highest BCUT2D eigenvalue weighted by atomic mass is 31.3. The van der Waals surface area contributed by atoms with Crippen LogP contribution in [0.25, 0.3) is 16.9 Å². The van der Waals surface area contributed by atoms with Gasteiger partial charge in [0.15, 0.2) is 29.0 Å². The zero-order valence-electron chi connectivity index (χ0n) is 18.7. The molecule has 2 aliphatic rings. The van der Waals surface area contributed by atoms with Crippen LogP contribution in [0.4, 0.5) is 5.82 Å². The molecule has 2 aromatic heterocycles. The second-order valence-corrected chi connectivity index (χ2v) is 12.1. The normalized spacial score (nSPS) is 26.9. The molecule has 6 atom stereocenters. The summed E-state index contributed by atoms with van der Waals surface area (Å²) in [6.45, 7) is -0.996. The van der Waals surface area contributed by atoms with E-state index in [4.69, 9.17) is 20.3 Å². The molecule has 2 aromatic rings. The molecule has 2 aliphatic heterocycles. The Hall–Kier alpha value is -2.34. The van der Waals surface area contributed by atoms with Crippen molar-refractivity contribution in [3.63, 3.8) is 0 Å². The van der Waals surface area contributed by atoms with Crippen molar-refractivity contribution < 1.29 is 61.4 Å². The molecule has 1 saturated heterocycles. The maximum Gasteiger partial charge on any atom is 0.490 e. The Morgan fingerprint density at radius 2 is 1.76 bits per heavy atom. The number of aromatic nitrogens is 4.